The number of alkyl carbamates (subject to hydrolysis) is 1. The highest BCUT2D eigenvalue weighted by atomic mass is 35.5. The molecule has 0 aliphatic carbocycles. The van der Waals surface area contributed by atoms with Crippen molar-refractivity contribution in [1.82, 2.24) is 40.9 Å². The van der Waals surface area contributed by atoms with Crippen LogP contribution in [0.3, 0.4) is 0 Å². The van der Waals surface area contributed by atoms with Crippen molar-refractivity contribution in [2.24, 2.45) is 67.9 Å². The van der Waals surface area contributed by atoms with Crippen molar-refractivity contribution in [1.29, 1.82) is 0 Å². The fourth-order valence-electron chi connectivity index (χ4n) is 17.4. The number of nitrogens with one attached hydrogen (secondary N) is 4. The first kappa shape index (κ1) is 108. The minimum Gasteiger partial charge on any atom is -0.508 e. The molecule has 0 spiro atoms. The number of phenols is 1. The van der Waals surface area contributed by atoms with Gasteiger partial charge in [0.05, 0.1) is 49.4 Å². The van der Waals surface area contributed by atoms with Gasteiger partial charge >= 0.3 is 18.0 Å². The lowest BCUT2D eigenvalue weighted by atomic mass is 9.80. The van der Waals surface area contributed by atoms with Gasteiger partial charge in [-0.05, 0) is 157 Å². The number of nitrogens with zero attached hydrogens (tertiary/aromatic N) is 7. The predicted octanol–water partition coefficient (Wildman–Crippen LogP) is 7.09. The molecular formula is C92H138ClN15O21S2. The van der Waals surface area contributed by atoms with E-state index in [-0.39, 0.29) is 163 Å². The molecule has 39 heteroatoms. The molecule has 9 amide bonds. The minimum absolute atomic E-state index is 0.00150. The summed E-state index contributed by atoms with van der Waals surface area (Å²) >= 11 is 6.86. The van der Waals surface area contributed by atoms with Gasteiger partial charge in [-0.1, -0.05) is 111 Å². The maximum Gasteiger partial charge on any atom is 0.409 e. The highest BCUT2D eigenvalue weighted by Gasteiger charge is 2.64. The van der Waals surface area contributed by atoms with Gasteiger partial charge in [-0.25, -0.2) is 9.59 Å². The molecule has 15 N–H and O–H groups in total. The number of anilines is 1. The molecule has 15 atom stereocenters. The van der Waals surface area contributed by atoms with Gasteiger partial charge in [-0.3, -0.25) is 72.8 Å². The number of rotatable bonds is 45. The van der Waals surface area contributed by atoms with Gasteiger partial charge in [0.25, 0.3) is 0 Å². The summed E-state index contributed by atoms with van der Waals surface area (Å²) in [6.45, 7) is 17.7. The molecule has 2 aromatic carbocycles. The zero-order chi connectivity index (χ0) is 97.1. The number of carboxylic acids is 1. The van der Waals surface area contributed by atoms with E-state index in [2.05, 4.69) is 31.3 Å². The van der Waals surface area contributed by atoms with Crippen LogP contribution in [0.4, 0.5) is 10.5 Å². The van der Waals surface area contributed by atoms with Crippen molar-refractivity contribution in [2.75, 3.05) is 77.4 Å². The molecule has 2 aromatic rings. The Balaban J connectivity index is 0.928. The van der Waals surface area contributed by atoms with Crippen LogP contribution in [-0.4, -0.2) is 268 Å². The van der Waals surface area contributed by atoms with Crippen molar-refractivity contribution < 1.29 is 101 Å². The lowest BCUT2D eigenvalue weighted by Crippen LogP contribution is -2.57. The van der Waals surface area contributed by atoms with E-state index in [0.717, 1.165) is 11.1 Å². The highest BCUT2D eigenvalue weighted by Crippen LogP contribution is 2.50. The zero-order valence-corrected chi connectivity index (χ0v) is 80.5. The molecule has 726 valence electrons. The van der Waals surface area contributed by atoms with E-state index in [4.69, 9.17) is 53.5 Å². The predicted molar refractivity (Wildman–Crippen MR) is 499 cm³/mol. The van der Waals surface area contributed by atoms with Crippen LogP contribution in [0.25, 0.3) is 0 Å². The number of likely N-dealkylation sites (N-methyl/N-ethyl adjacent to an activating group) is 2. The molecule has 131 heavy (non-hydrogen) atoms. The third-order valence-corrected chi connectivity index (χ3v) is 27.7. The number of ketones is 3. The molecule has 4 saturated heterocycles. The van der Waals surface area contributed by atoms with Gasteiger partial charge in [-0.2, -0.15) is 0 Å². The van der Waals surface area contributed by atoms with E-state index in [9.17, 15) is 68.1 Å². The molecule has 5 aliphatic heterocycles. The van der Waals surface area contributed by atoms with Crippen molar-refractivity contribution in [3.8, 4) is 11.5 Å². The number of halogens is 1. The topological polar surface area (TPSA) is 533 Å². The average Bonchev–Trinajstić information content (AvgIpc) is 1.57. The number of hydrogen-bond acceptors (Lipinski definition) is 24. The number of carbonyl (C=O) groups excluding carboxylic acids is 13. The van der Waals surface area contributed by atoms with E-state index in [0.29, 0.717) is 60.6 Å². The van der Waals surface area contributed by atoms with Gasteiger partial charge in [0.1, 0.15) is 58.2 Å². The van der Waals surface area contributed by atoms with Gasteiger partial charge in [0.2, 0.25) is 47.3 Å². The number of methoxy groups -OCH3 is 1. The number of nitrogens with two attached hydrogens (primary N) is 4. The summed E-state index contributed by atoms with van der Waals surface area (Å²) in [7, 11) is 8.65. The molecule has 0 aromatic heterocycles. The Hall–Kier alpha value is -10.1. The third kappa shape index (κ3) is 32.1. The lowest BCUT2D eigenvalue weighted by Gasteiger charge is -2.39. The van der Waals surface area contributed by atoms with Crippen LogP contribution in [0.2, 0.25) is 5.02 Å². The molecular weight excluding hydrogens is 1750 g/mol. The average molecular weight is 1890 g/mol. The van der Waals surface area contributed by atoms with Crippen molar-refractivity contribution in [3.63, 3.8) is 0 Å². The molecule has 5 heterocycles. The van der Waals surface area contributed by atoms with E-state index in [1.54, 1.807) is 78.1 Å². The fraction of sp³-hybridized carbons (Fsp3) is 0.652. The van der Waals surface area contributed by atoms with E-state index in [1.165, 1.54) is 93.3 Å². The number of aliphatic imine (C=N–C) groups is 2. The molecule has 36 nitrogen and oxygen atoms in total. The summed E-state index contributed by atoms with van der Waals surface area (Å²) in [6, 6.07) is 2.93. The summed E-state index contributed by atoms with van der Waals surface area (Å²) in [5.74, 6) is -10.6. The number of benzene rings is 2. The summed E-state index contributed by atoms with van der Waals surface area (Å²) in [5.41, 5.74) is 21.5. The van der Waals surface area contributed by atoms with Gasteiger partial charge in [-0.15, -0.1) is 0 Å². The molecule has 0 radical (unpaired) electrons. The minimum atomic E-state index is -1.66. The number of aliphatic hydroxyl groups is 1. The van der Waals surface area contributed by atoms with E-state index in [1.807, 2.05) is 26.8 Å². The fourth-order valence-corrected chi connectivity index (χ4v) is 19.6. The summed E-state index contributed by atoms with van der Waals surface area (Å²) < 4.78 is 23.9. The quantitative estimate of drug-likeness (QED) is 0.00786. The first-order chi connectivity index (χ1) is 61.7. The molecule has 4 bridgehead atoms. The standard InChI is InChI=1S/C92H138ClN15O21S2/c1-53(2)43-62(85(121)122)50-71(113)79(90(7,8)9)102-81(117)61(45-58-29-31-63(110)32-30-58)49-70(112)66-27-21-39-107(66)82(118)60(24-19-37-99-87(94)95)48-69(111)65(26-20-38-100-88(96)97)106(13)84(120)67-28-22-40-108(67)83(119)64(101-57(6)109)25-16-18-36-98-75(114)33-41-130-131-42-34-76(115)104(11)56(5)86(123)128-74-51-77(116)105(12)68-46-59(47-72(126-14)78(68)93)44-54(3)23-15-17-35-92(125)52-73(127-89(124)103-92)55(4)80-91(74,10)129-80/h15,17,23,29-32,46-47,53,55-56,60-62,64-67,73-74,79-80,110,125H,16,18-22,24-28,33-45,48-52H2,1-14H3,(H,98,114)(H,101,109)(H,102,117)(H,103,124)(H,121,122)(H4,94,95,99)(H4,96,97,100)/b17-15+,54-23+/t55-,56+,60-,61-,62-,64+,65+,66+,67+,73+,74+,79-,80+,91+,92-/m1/s1. The maximum absolute atomic E-state index is 15.2. The summed E-state index contributed by atoms with van der Waals surface area (Å²) in [6.07, 6.45) is 3.69. The maximum atomic E-state index is 15.2. The Morgan fingerprint density at radius 1 is 0.802 bits per heavy atom. The van der Waals surface area contributed by atoms with Crippen LogP contribution in [0, 0.1) is 35.0 Å². The first-order valence-electron chi connectivity index (χ1n) is 45.1. The van der Waals surface area contributed by atoms with Gasteiger partial charge in [0, 0.05) is 135 Å². The normalized spacial score (nSPS) is 22.7. The number of carbonyl (C=O) groups is 14. The highest BCUT2D eigenvalue weighted by molar-refractivity contribution is 8.76. The van der Waals surface area contributed by atoms with Crippen LogP contribution in [0.1, 0.15) is 209 Å². The molecule has 7 rings (SSSR count). The molecule has 5 aliphatic rings. The Morgan fingerprint density at radius 2 is 1.43 bits per heavy atom. The van der Waals surface area contributed by atoms with Gasteiger partial charge in [0.15, 0.2) is 29.3 Å². The van der Waals surface area contributed by atoms with Crippen molar-refractivity contribution >= 4 is 133 Å². The number of aromatic hydroxyl groups is 1. The number of unbranched alkanes of at least 4 members (excludes halogenated alkanes) is 1. The summed E-state index contributed by atoms with van der Waals surface area (Å²) in [4.78, 5) is 212. The van der Waals surface area contributed by atoms with E-state index < -0.39 is 185 Å². The number of esters is 1. The van der Waals surface area contributed by atoms with E-state index >= 15 is 14.4 Å². The molecule has 0 saturated carbocycles. The van der Waals surface area contributed by atoms with Crippen LogP contribution in [0.15, 0.2) is 70.2 Å². The monoisotopic (exact) mass is 1890 g/mol. The zero-order valence-electron chi connectivity index (χ0n) is 78.1. The van der Waals surface area contributed by atoms with Crippen molar-refractivity contribution in [2.45, 2.75) is 276 Å². The number of phenolic OH excluding ortho intramolecular Hbond substituents is 1. The number of fused-ring (bicyclic) bond motifs is 5. The second-order valence-electron chi connectivity index (χ2n) is 36.8. The van der Waals surface area contributed by atoms with Crippen LogP contribution in [-0.2, 0) is 89.4 Å². The number of likely N-dealkylation sites (tertiary alicyclic amines) is 2. The number of carboxylic acid groups (broad SMARTS) is 1. The third-order valence-electron chi connectivity index (χ3n) is 24.9. The largest absolute Gasteiger partial charge is 0.508 e. The van der Waals surface area contributed by atoms with Gasteiger partial charge < -0.3 is 97.7 Å². The Morgan fingerprint density at radius 3 is 2.05 bits per heavy atom. The van der Waals surface area contributed by atoms with Crippen LogP contribution < -0.4 is 53.8 Å². The number of epoxide rings is 1. The summed E-state index contributed by atoms with van der Waals surface area (Å²) in [5, 5.41) is 43.1. The number of allylic oxidation sites excluding steroid dienone is 3. The van der Waals surface area contributed by atoms with Crippen LogP contribution >= 0.6 is 33.2 Å². The number of hydrogen-bond donors (Lipinski definition) is 11. The second-order valence-corrected chi connectivity index (χ2v) is 39.9. The second kappa shape index (κ2) is 50.2. The lowest BCUT2D eigenvalue weighted by molar-refractivity contribution is -0.162. The Kier molecular flexibility index (Phi) is 41.3. The number of aliphatic carboxylic acids is 1. The molecule has 4 fully saturated rings. The number of amides is 9. The van der Waals surface area contributed by atoms with Crippen LogP contribution in [0.5, 0.6) is 11.5 Å². The smallest absolute Gasteiger partial charge is 0.409 e. The Labute approximate surface area is 780 Å². The van der Waals surface area contributed by atoms with Crippen molar-refractivity contribution in [3.05, 3.63) is 76.3 Å². The Bertz CT molecular complexity index is 4500. The number of guanidine groups is 2. The first-order valence-corrected chi connectivity index (χ1v) is 48.0. The SMILES string of the molecule is COc1cc2cc(c1Cl)N(C)C(=O)C[C@H](OC(=O)[C@H](C)N(C)C(=O)CCSSCCC(=O)NCCCC[C@H](NC(C)=O)C(=O)N1CCC[C@H]1C(=O)N(C)[C@@H](CCCN=C(N)N)C(=O)C[C@@H](CCCN=C(N)N)C(=O)N1CCC[C@H]1C(=O)C[C@@H](Cc1ccc(O)cc1)C(=O)N[C@H](C(=O)C[C@@H](CC(C)C)C(=O)O)C(C)(C)C)[C@]1(C)O[C@H]1[C@H](C)[C@@H]1C[C@](O)(C/C=C/C=C(\C)C2)NC(=O)O1. The number of ether oxygens (including phenoxy) is 4. The number of Topliss-reactive ketones (excluding diaryl/α,β-unsaturated/α-hetero) is 3. The molecule has 0 unspecified atom stereocenters.